The average Bonchev–Trinajstić information content (AvgIpc) is 3.10. The van der Waals surface area contributed by atoms with Gasteiger partial charge in [-0.3, -0.25) is 0 Å². The van der Waals surface area contributed by atoms with Crippen molar-refractivity contribution in [2.24, 2.45) is 0 Å². The van der Waals surface area contributed by atoms with E-state index >= 15 is 0 Å². The van der Waals surface area contributed by atoms with E-state index in [1.54, 1.807) is 0 Å². The van der Waals surface area contributed by atoms with E-state index in [1.165, 1.54) is 24.8 Å². The molecule has 1 aromatic carbocycles. The second kappa shape index (κ2) is 35.3. The number of unbranched alkanes of at least 4 members (excludes halogenated alkanes) is 1. The molecule has 0 N–H and O–H groups in total. The zero-order chi connectivity index (χ0) is 18.9. The van der Waals surface area contributed by atoms with Crippen LogP contribution in [-0.4, -0.2) is 39.3 Å². The fourth-order valence-electron chi connectivity index (χ4n) is 1.63. The molecule has 0 saturated heterocycles. The Kier molecular flexibility index (Phi) is 46.2. The number of hydrogen-bond acceptors (Lipinski definition) is 0. The van der Waals surface area contributed by atoms with E-state index in [0.29, 0.717) is 0 Å². The van der Waals surface area contributed by atoms with Crippen LogP contribution in [0.2, 0.25) is 0 Å². The summed E-state index contributed by atoms with van der Waals surface area (Å²) in [4.78, 5) is 0. The number of hydrogen-bond donors (Lipinski definition) is 0. The van der Waals surface area contributed by atoms with Gasteiger partial charge in [0.05, 0.1) is 0 Å². The second-order valence-electron chi connectivity index (χ2n) is 4.96. The summed E-state index contributed by atoms with van der Waals surface area (Å²) >= 11 is 0. The Hall–Kier alpha value is 0.100. The van der Waals surface area contributed by atoms with E-state index in [4.69, 9.17) is 0 Å². The first-order valence-electron chi connectivity index (χ1n) is 9.78. The maximum absolute atomic E-state index is 3.97. The van der Waals surface area contributed by atoms with Crippen molar-refractivity contribution in [3.63, 3.8) is 0 Å². The summed E-state index contributed by atoms with van der Waals surface area (Å²) in [5.74, 6) is 0. The third-order valence-electron chi connectivity index (χ3n) is 2.89. The van der Waals surface area contributed by atoms with Gasteiger partial charge in [-0.2, -0.15) is 57.0 Å². The minimum absolute atomic E-state index is 0. The van der Waals surface area contributed by atoms with Crippen LogP contribution in [0.3, 0.4) is 0 Å². The smallest absolute Gasteiger partial charge is 0.663 e. The van der Waals surface area contributed by atoms with Gasteiger partial charge >= 0.3 is 25.8 Å². The Labute approximate surface area is 178 Å². The van der Waals surface area contributed by atoms with Crippen molar-refractivity contribution < 1.29 is 25.8 Å². The molecule has 0 fully saturated rings. The van der Waals surface area contributed by atoms with Crippen molar-refractivity contribution >= 4 is 0 Å². The van der Waals surface area contributed by atoms with Crippen LogP contribution >= 0.6 is 0 Å². The van der Waals surface area contributed by atoms with Crippen molar-refractivity contribution in [2.75, 3.05) is 39.3 Å². The monoisotopic (exact) mass is 517 g/mol. The maximum Gasteiger partial charge on any atom is 4.00 e. The normalized spacial score (nSPS) is 8.60. The Bertz CT molecular complexity index is 244. The molecule has 0 heterocycles. The predicted molar refractivity (Wildman–Crippen MR) is 114 cm³/mol. The van der Waals surface area contributed by atoms with Crippen LogP contribution in [0.1, 0.15) is 66.9 Å². The Balaban J connectivity index is -0.000000122. The maximum atomic E-state index is 3.97. The van der Waals surface area contributed by atoms with Crippen LogP contribution < -0.4 is 0 Å². The van der Waals surface area contributed by atoms with Gasteiger partial charge in [-0.05, 0) is 0 Å². The SMILES string of the molecule is CCCC[c-]1cccc1.CC[N-]CC.CC[N-]CC.CC[N-]CC.[Hf+4]. The van der Waals surface area contributed by atoms with E-state index < -0.39 is 0 Å². The van der Waals surface area contributed by atoms with Gasteiger partial charge in [-0.25, -0.2) is 12.1 Å². The van der Waals surface area contributed by atoms with Gasteiger partial charge in [0.25, 0.3) is 0 Å². The zero-order valence-electron chi connectivity index (χ0n) is 18.0. The molecular formula is C21H43HfN3. The average molecular weight is 516 g/mol. The van der Waals surface area contributed by atoms with E-state index in [0.717, 1.165) is 39.3 Å². The van der Waals surface area contributed by atoms with Gasteiger partial charge in [0, 0.05) is 0 Å². The summed E-state index contributed by atoms with van der Waals surface area (Å²) in [5.41, 5.74) is 1.48. The third-order valence-corrected chi connectivity index (χ3v) is 2.89. The first-order chi connectivity index (χ1) is 11.7. The first-order valence-corrected chi connectivity index (χ1v) is 9.78. The van der Waals surface area contributed by atoms with Crippen LogP contribution in [-0.2, 0) is 32.3 Å². The van der Waals surface area contributed by atoms with Crippen molar-refractivity contribution in [3.8, 4) is 0 Å². The van der Waals surface area contributed by atoms with Gasteiger partial charge < -0.3 is 16.0 Å². The molecule has 0 amide bonds. The fourth-order valence-corrected chi connectivity index (χ4v) is 1.63. The summed E-state index contributed by atoms with van der Waals surface area (Å²) < 4.78 is 0. The molecule has 3 nitrogen and oxygen atoms in total. The molecule has 0 aliphatic rings. The van der Waals surface area contributed by atoms with Gasteiger partial charge in [-0.15, -0.1) is 0 Å². The topological polar surface area (TPSA) is 42.3 Å². The predicted octanol–water partition coefficient (Wildman–Crippen LogP) is 6.95. The van der Waals surface area contributed by atoms with Crippen LogP contribution in [0, 0.1) is 0 Å². The van der Waals surface area contributed by atoms with Crippen molar-refractivity contribution in [1.29, 1.82) is 0 Å². The van der Waals surface area contributed by atoms with E-state index in [2.05, 4.69) is 47.1 Å². The molecule has 0 aliphatic carbocycles. The summed E-state index contributed by atoms with van der Waals surface area (Å²) in [5, 5.41) is 11.9. The largest absolute Gasteiger partial charge is 4.00 e. The quantitative estimate of drug-likeness (QED) is 0.252. The molecule has 4 heteroatoms. The molecule has 1 rings (SSSR count). The van der Waals surface area contributed by atoms with Crippen molar-refractivity contribution in [3.05, 3.63) is 45.8 Å². The second-order valence-corrected chi connectivity index (χ2v) is 4.96. The molecule has 0 saturated carbocycles. The molecule has 146 valence electrons. The third kappa shape index (κ3) is 40.3. The standard InChI is InChI=1S/C9H13.3C4H10N.Hf/c1-2-3-6-9-7-4-5-8-9;3*1-3-5-4-2;/h4-5,7-8H,2-3,6H2,1H3;3*3-4H2,1-2H3;/q4*-1;+4. The summed E-state index contributed by atoms with van der Waals surface area (Å²) in [6, 6.07) is 8.58. The molecule has 0 bridgehead atoms. The summed E-state index contributed by atoms with van der Waals surface area (Å²) in [7, 11) is 0. The Morgan fingerprint density at radius 1 is 0.600 bits per heavy atom. The fraction of sp³-hybridized carbons (Fsp3) is 0.762. The Morgan fingerprint density at radius 2 is 0.920 bits per heavy atom. The molecule has 25 heavy (non-hydrogen) atoms. The van der Waals surface area contributed by atoms with Crippen LogP contribution in [0.5, 0.6) is 0 Å². The summed E-state index contributed by atoms with van der Waals surface area (Å²) in [6.07, 6.45) is 3.87. The molecule has 0 atom stereocenters. The molecule has 0 radical (unpaired) electrons. The van der Waals surface area contributed by atoms with E-state index in [1.807, 2.05) is 41.5 Å². The van der Waals surface area contributed by atoms with Crippen LogP contribution in [0.25, 0.3) is 16.0 Å². The number of rotatable bonds is 9. The summed E-state index contributed by atoms with van der Waals surface area (Å²) in [6.45, 7) is 20.3. The Morgan fingerprint density at radius 3 is 1.12 bits per heavy atom. The van der Waals surface area contributed by atoms with E-state index in [-0.39, 0.29) is 25.8 Å². The molecular weight excluding hydrogens is 473 g/mol. The molecule has 0 aliphatic heterocycles. The van der Waals surface area contributed by atoms with E-state index in [9.17, 15) is 0 Å². The zero-order valence-corrected chi connectivity index (χ0v) is 21.6. The van der Waals surface area contributed by atoms with Crippen LogP contribution in [0.15, 0.2) is 24.3 Å². The van der Waals surface area contributed by atoms with Crippen molar-refractivity contribution in [1.82, 2.24) is 0 Å². The molecule has 1 aromatic rings. The first kappa shape index (κ1) is 32.7. The van der Waals surface area contributed by atoms with Gasteiger partial charge in [0.15, 0.2) is 0 Å². The molecule has 0 aromatic heterocycles. The molecule has 0 spiro atoms. The number of nitrogens with zero attached hydrogens (tertiary/aromatic N) is 3. The van der Waals surface area contributed by atoms with Gasteiger partial charge in [-0.1, -0.05) is 67.7 Å². The van der Waals surface area contributed by atoms with Crippen LogP contribution in [0.4, 0.5) is 0 Å². The molecule has 0 unspecified atom stereocenters. The van der Waals surface area contributed by atoms with Gasteiger partial charge in [0.2, 0.25) is 0 Å². The van der Waals surface area contributed by atoms with Crippen molar-refractivity contribution in [2.45, 2.75) is 67.7 Å². The number of aryl methyl sites for hydroxylation is 1. The minimum Gasteiger partial charge on any atom is -0.663 e. The minimum atomic E-state index is 0. The van der Waals surface area contributed by atoms with Gasteiger partial charge in [0.1, 0.15) is 0 Å².